The van der Waals surface area contributed by atoms with E-state index < -0.39 is 11.6 Å². The first-order chi connectivity index (χ1) is 8.60. The molecule has 2 rings (SSSR count). The first kappa shape index (κ1) is 12.2. The summed E-state index contributed by atoms with van der Waals surface area (Å²) >= 11 is 0. The van der Waals surface area contributed by atoms with Gasteiger partial charge in [0.25, 0.3) is 0 Å². The van der Waals surface area contributed by atoms with Gasteiger partial charge in [0.1, 0.15) is 6.29 Å². The van der Waals surface area contributed by atoms with E-state index >= 15 is 0 Å². The van der Waals surface area contributed by atoms with Crippen molar-refractivity contribution >= 4 is 6.29 Å². The Morgan fingerprint density at radius 1 is 1.00 bits per heavy atom. The summed E-state index contributed by atoms with van der Waals surface area (Å²) in [6, 6.07) is 8.05. The smallest absolute Gasteiger partial charge is 0.166 e. The van der Waals surface area contributed by atoms with Crippen LogP contribution in [0.4, 0.5) is 8.78 Å². The lowest BCUT2D eigenvalue weighted by molar-refractivity contribution is 0.112. The van der Waals surface area contributed by atoms with Gasteiger partial charge in [-0.05, 0) is 42.8 Å². The van der Waals surface area contributed by atoms with Crippen LogP contribution >= 0.6 is 0 Å². The summed E-state index contributed by atoms with van der Waals surface area (Å²) in [6.45, 7) is 1.78. The van der Waals surface area contributed by atoms with E-state index in [4.69, 9.17) is 4.74 Å². The molecular formula is C14H10F2O2. The van der Waals surface area contributed by atoms with Gasteiger partial charge in [-0.25, -0.2) is 8.78 Å². The molecule has 0 amide bonds. The van der Waals surface area contributed by atoms with Crippen molar-refractivity contribution in [2.45, 2.75) is 6.92 Å². The molecule has 0 saturated heterocycles. The standard InChI is InChI=1S/C14H10F2O2/c1-9-2-4-11(15)14(6-9)18-13-5-3-10(8-17)7-12(13)16/h2-8H,1H3. The highest BCUT2D eigenvalue weighted by Crippen LogP contribution is 2.27. The maximum atomic E-state index is 13.5. The lowest BCUT2D eigenvalue weighted by Gasteiger charge is -2.08. The molecule has 2 nitrogen and oxygen atoms in total. The third kappa shape index (κ3) is 2.53. The van der Waals surface area contributed by atoms with Gasteiger partial charge in [0.15, 0.2) is 23.1 Å². The van der Waals surface area contributed by atoms with Crippen LogP contribution in [-0.4, -0.2) is 6.29 Å². The van der Waals surface area contributed by atoms with Crippen LogP contribution in [0.15, 0.2) is 36.4 Å². The number of carbonyl (C=O) groups excluding carboxylic acids is 1. The maximum Gasteiger partial charge on any atom is 0.166 e. The Balaban J connectivity index is 2.34. The summed E-state index contributed by atoms with van der Waals surface area (Å²) < 4.78 is 32.1. The Bertz CT molecular complexity index is 594. The van der Waals surface area contributed by atoms with Crippen molar-refractivity contribution in [3.8, 4) is 11.5 Å². The van der Waals surface area contributed by atoms with Crippen LogP contribution in [0.2, 0.25) is 0 Å². The number of halogens is 2. The van der Waals surface area contributed by atoms with E-state index in [9.17, 15) is 13.6 Å². The van der Waals surface area contributed by atoms with Crippen molar-refractivity contribution < 1.29 is 18.3 Å². The molecule has 2 aromatic carbocycles. The minimum Gasteiger partial charge on any atom is -0.451 e. The first-order valence-corrected chi connectivity index (χ1v) is 5.29. The number of ether oxygens (including phenoxy) is 1. The molecule has 0 aliphatic rings. The number of aldehydes is 1. The highest BCUT2D eigenvalue weighted by Gasteiger charge is 2.09. The molecule has 0 N–H and O–H groups in total. The second kappa shape index (κ2) is 4.96. The van der Waals surface area contributed by atoms with Crippen LogP contribution in [-0.2, 0) is 0 Å². The van der Waals surface area contributed by atoms with Gasteiger partial charge < -0.3 is 4.74 Å². The summed E-state index contributed by atoms with van der Waals surface area (Å²) in [4.78, 5) is 10.5. The van der Waals surface area contributed by atoms with E-state index in [1.165, 1.54) is 24.3 Å². The zero-order valence-corrected chi connectivity index (χ0v) is 9.61. The van der Waals surface area contributed by atoms with E-state index in [0.717, 1.165) is 11.6 Å². The van der Waals surface area contributed by atoms with E-state index in [0.29, 0.717) is 6.29 Å². The van der Waals surface area contributed by atoms with Crippen LogP contribution < -0.4 is 4.74 Å². The highest BCUT2D eigenvalue weighted by atomic mass is 19.1. The molecule has 0 unspecified atom stereocenters. The molecule has 92 valence electrons. The Kier molecular flexibility index (Phi) is 3.37. The maximum absolute atomic E-state index is 13.5. The van der Waals surface area contributed by atoms with Crippen molar-refractivity contribution in [1.29, 1.82) is 0 Å². The van der Waals surface area contributed by atoms with E-state index in [1.54, 1.807) is 13.0 Å². The molecule has 0 aliphatic carbocycles. The molecule has 0 fully saturated rings. The largest absolute Gasteiger partial charge is 0.451 e. The van der Waals surface area contributed by atoms with Gasteiger partial charge in [-0.15, -0.1) is 0 Å². The Hall–Kier alpha value is -2.23. The zero-order valence-electron chi connectivity index (χ0n) is 9.61. The van der Waals surface area contributed by atoms with Gasteiger partial charge >= 0.3 is 0 Å². The number of hydrogen-bond acceptors (Lipinski definition) is 2. The molecule has 0 aromatic heterocycles. The topological polar surface area (TPSA) is 26.3 Å². The first-order valence-electron chi connectivity index (χ1n) is 5.29. The summed E-state index contributed by atoms with van der Waals surface area (Å²) in [5.41, 5.74) is 1.00. The van der Waals surface area contributed by atoms with Gasteiger partial charge in [0, 0.05) is 5.56 Å². The average molecular weight is 248 g/mol. The molecule has 0 heterocycles. The predicted octanol–water partition coefficient (Wildman–Crippen LogP) is 3.88. The molecule has 2 aromatic rings. The highest BCUT2D eigenvalue weighted by molar-refractivity contribution is 5.75. The molecule has 0 saturated carbocycles. The number of rotatable bonds is 3. The predicted molar refractivity (Wildman–Crippen MR) is 63.0 cm³/mol. The van der Waals surface area contributed by atoms with Crippen molar-refractivity contribution in [2.24, 2.45) is 0 Å². The Labute approximate surface area is 103 Å². The van der Waals surface area contributed by atoms with Crippen LogP contribution in [0.5, 0.6) is 11.5 Å². The zero-order chi connectivity index (χ0) is 13.1. The summed E-state index contributed by atoms with van der Waals surface area (Å²) in [7, 11) is 0. The van der Waals surface area contributed by atoms with Crippen molar-refractivity contribution in [1.82, 2.24) is 0 Å². The van der Waals surface area contributed by atoms with Crippen LogP contribution in [0.1, 0.15) is 15.9 Å². The quantitative estimate of drug-likeness (QED) is 0.770. The Morgan fingerprint density at radius 3 is 2.44 bits per heavy atom. The van der Waals surface area contributed by atoms with Gasteiger partial charge in [-0.1, -0.05) is 6.07 Å². The average Bonchev–Trinajstić information content (AvgIpc) is 2.36. The lowest BCUT2D eigenvalue weighted by Crippen LogP contribution is -1.93. The second-order valence-corrected chi connectivity index (χ2v) is 3.84. The summed E-state index contributed by atoms with van der Waals surface area (Å²) in [5.74, 6) is -1.45. The van der Waals surface area contributed by atoms with Crippen LogP contribution in [0.3, 0.4) is 0 Å². The Morgan fingerprint density at radius 2 is 1.78 bits per heavy atom. The third-order valence-electron chi connectivity index (χ3n) is 2.40. The van der Waals surface area contributed by atoms with Crippen LogP contribution in [0.25, 0.3) is 0 Å². The molecule has 18 heavy (non-hydrogen) atoms. The van der Waals surface area contributed by atoms with Gasteiger partial charge in [-0.3, -0.25) is 4.79 Å². The van der Waals surface area contributed by atoms with E-state index in [2.05, 4.69) is 0 Å². The number of hydrogen-bond donors (Lipinski definition) is 0. The van der Waals surface area contributed by atoms with E-state index in [-0.39, 0.29) is 17.1 Å². The normalized spacial score (nSPS) is 10.2. The fourth-order valence-electron chi connectivity index (χ4n) is 1.48. The van der Waals surface area contributed by atoms with Crippen molar-refractivity contribution in [3.05, 3.63) is 59.2 Å². The van der Waals surface area contributed by atoms with Gasteiger partial charge in [0.2, 0.25) is 0 Å². The van der Waals surface area contributed by atoms with Crippen molar-refractivity contribution in [2.75, 3.05) is 0 Å². The number of benzene rings is 2. The van der Waals surface area contributed by atoms with Gasteiger partial charge in [-0.2, -0.15) is 0 Å². The molecule has 0 atom stereocenters. The molecule has 0 aliphatic heterocycles. The van der Waals surface area contributed by atoms with E-state index in [1.807, 2.05) is 0 Å². The second-order valence-electron chi connectivity index (χ2n) is 3.84. The number of aryl methyl sites for hydroxylation is 1. The minimum absolute atomic E-state index is 0.0484. The fraction of sp³-hybridized carbons (Fsp3) is 0.0714. The fourth-order valence-corrected chi connectivity index (χ4v) is 1.48. The summed E-state index contributed by atoms with van der Waals surface area (Å²) in [5, 5.41) is 0. The van der Waals surface area contributed by atoms with Crippen LogP contribution in [0, 0.1) is 18.6 Å². The molecule has 0 bridgehead atoms. The molecule has 0 spiro atoms. The lowest BCUT2D eigenvalue weighted by atomic mass is 10.2. The number of carbonyl (C=O) groups is 1. The minimum atomic E-state index is -0.708. The SMILES string of the molecule is Cc1ccc(F)c(Oc2ccc(C=O)cc2F)c1. The monoisotopic (exact) mass is 248 g/mol. The van der Waals surface area contributed by atoms with Gasteiger partial charge in [0.05, 0.1) is 0 Å². The molecular weight excluding hydrogens is 238 g/mol. The summed E-state index contributed by atoms with van der Waals surface area (Å²) in [6.07, 6.45) is 0.528. The van der Waals surface area contributed by atoms with Crippen molar-refractivity contribution in [3.63, 3.8) is 0 Å². The molecule has 0 radical (unpaired) electrons. The molecule has 4 heteroatoms. The third-order valence-corrected chi connectivity index (χ3v) is 2.40.